The lowest BCUT2D eigenvalue weighted by Crippen LogP contribution is -2.68. The molecular weight excluding hydrogens is 388 g/mol. The summed E-state index contributed by atoms with van der Waals surface area (Å²) in [6, 6.07) is 16.3. The quantitative estimate of drug-likeness (QED) is 0.542. The number of fused-ring (bicyclic) bond motifs is 1. The number of hydrogen-bond acceptors (Lipinski definition) is 7. The number of ether oxygens (including phenoxy) is 2. The number of anilines is 1. The van der Waals surface area contributed by atoms with Gasteiger partial charge in [0, 0.05) is 19.9 Å². The van der Waals surface area contributed by atoms with Gasteiger partial charge in [0.1, 0.15) is 0 Å². The smallest absolute Gasteiger partial charge is 0.217 e. The number of aryl methyl sites for hydroxylation is 2. The standard InChI is InChI=1S/C19H21N2O2.ClHO4/c1-13-10-15-11-18(22-3)19(23-4)12-17(15)14(2)21(13)20-16-8-6-5-7-9-16;2-1(3,4)5/h5-12,20H,1-4H3;(H,2,3,4,5)/q+1;/p-1. The lowest BCUT2D eigenvalue weighted by Gasteiger charge is -2.17. The van der Waals surface area contributed by atoms with Crippen LogP contribution in [-0.2, 0) is 0 Å². The number of halogens is 1. The average Bonchev–Trinajstić information content (AvgIpc) is 2.63. The molecule has 0 amide bonds. The molecule has 0 fully saturated rings. The summed E-state index contributed by atoms with van der Waals surface area (Å²) in [7, 11) is -1.63. The van der Waals surface area contributed by atoms with Gasteiger partial charge in [-0.05, 0) is 29.7 Å². The van der Waals surface area contributed by atoms with Crippen molar-refractivity contribution >= 4 is 16.5 Å². The van der Waals surface area contributed by atoms with Crippen LogP contribution < -0.4 is 38.2 Å². The maximum absolute atomic E-state index is 8.49. The summed E-state index contributed by atoms with van der Waals surface area (Å²) in [6.07, 6.45) is 0. The molecule has 0 unspecified atom stereocenters. The third-order valence-electron chi connectivity index (χ3n) is 4.01. The zero-order valence-electron chi connectivity index (χ0n) is 15.9. The number of benzene rings is 2. The van der Waals surface area contributed by atoms with Gasteiger partial charge < -0.3 is 9.47 Å². The van der Waals surface area contributed by atoms with Crippen molar-refractivity contribution in [2.45, 2.75) is 13.8 Å². The van der Waals surface area contributed by atoms with Crippen LogP contribution in [0.3, 0.4) is 0 Å². The highest BCUT2D eigenvalue weighted by Crippen LogP contribution is 2.33. The van der Waals surface area contributed by atoms with E-state index >= 15 is 0 Å². The first-order valence-corrected chi connectivity index (χ1v) is 9.39. The fraction of sp³-hybridized carbons (Fsp3) is 0.211. The Morgan fingerprint density at radius 2 is 1.39 bits per heavy atom. The Hall–Kier alpha value is -2.62. The van der Waals surface area contributed by atoms with E-state index in [0.29, 0.717) is 0 Å². The summed E-state index contributed by atoms with van der Waals surface area (Å²) in [5.41, 5.74) is 6.72. The van der Waals surface area contributed by atoms with Crippen LogP contribution >= 0.6 is 0 Å². The predicted molar refractivity (Wildman–Crippen MR) is 92.2 cm³/mol. The van der Waals surface area contributed by atoms with Crippen LogP contribution in [0, 0.1) is 24.1 Å². The zero-order chi connectivity index (χ0) is 20.9. The highest BCUT2D eigenvalue weighted by atomic mass is 35.7. The molecule has 0 atom stereocenters. The van der Waals surface area contributed by atoms with E-state index in [2.05, 4.69) is 30.0 Å². The SMILES string of the molecule is COc1cc2cc(C)[n+](Nc3ccccc3)c(C)c2cc1OC.[O-][Cl+3]([O-])([O-])[O-]. The third-order valence-corrected chi connectivity index (χ3v) is 4.01. The number of pyridine rings is 1. The fourth-order valence-corrected chi connectivity index (χ4v) is 2.82. The van der Waals surface area contributed by atoms with E-state index in [1.165, 1.54) is 0 Å². The van der Waals surface area contributed by atoms with E-state index in [-0.39, 0.29) is 0 Å². The fourth-order valence-electron chi connectivity index (χ4n) is 2.82. The highest BCUT2D eigenvalue weighted by Gasteiger charge is 2.18. The van der Waals surface area contributed by atoms with Gasteiger partial charge in [-0.15, -0.1) is 10.2 Å². The second-order valence-corrected chi connectivity index (χ2v) is 6.61. The molecule has 1 N–H and O–H groups in total. The summed E-state index contributed by atoms with van der Waals surface area (Å²) in [4.78, 5) is 0. The van der Waals surface area contributed by atoms with Gasteiger partial charge in [0.05, 0.1) is 25.3 Å². The number of para-hydroxylation sites is 1. The molecule has 1 aromatic heterocycles. The molecule has 150 valence electrons. The Kier molecular flexibility index (Phi) is 7.00. The van der Waals surface area contributed by atoms with Crippen LogP contribution in [0.5, 0.6) is 11.5 Å². The van der Waals surface area contributed by atoms with Gasteiger partial charge in [-0.3, -0.25) is 0 Å². The Bertz CT molecular complexity index is 939. The molecule has 0 aliphatic rings. The topological polar surface area (TPSA) is 127 Å². The summed E-state index contributed by atoms with van der Waals surface area (Å²) >= 11 is 0. The van der Waals surface area contributed by atoms with Gasteiger partial charge in [0.25, 0.3) is 0 Å². The summed E-state index contributed by atoms with van der Waals surface area (Å²) in [6.45, 7) is 4.18. The van der Waals surface area contributed by atoms with E-state index in [9.17, 15) is 0 Å². The van der Waals surface area contributed by atoms with Crippen molar-refractivity contribution in [2.24, 2.45) is 0 Å². The van der Waals surface area contributed by atoms with Crippen LogP contribution in [-0.4, -0.2) is 14.2 Å². The van der Waals surface area contributed by atoms with E-state index < -0.39 is 10.2 Å². The number of methoxy groups -OCH3 is 2. The predicted octanol–water partition coefficient (Wildman–Crippen LogP) is -1.12. The third kappa shape index (κ3) is 5.69. The zero-order valence-corrected chi connectivity index (χ0v) is 16.6. The maximum atomic E-state index is 8.49. The molecule has 3 aromatic rings. The Morgan fingerprint density at radius 3 is 1.93 bits per heavy atom. The summed E-state index contributed by atoms with van der Waals surface area (Å²) < 4.78 is 46.9. The molecular formula is C19H21ClN2O6. The molecule has 2 aromatic carbocycles. The Morgan fingerprint density at radius 1 is 0.857 bits per heavy atom. The Balaban J connectivity index is 0.000000500. The van der Waals surface area contributed by atoms with E-state index in [4.69, 9.17) is 28.1 Å². The number of aromatic nitrogens is 1. The van der Waals surface area contributed by atoms with E-state index in [0.717, 1.165) is 39.3 Å². The minimum atomic E-state index is -4.94. The number of nitrogens with one attached hydrogen (secondary N) is 1. The molecule has 0 aliphatic carbocycles. The molecule has 8 nitrogen and oxygen atoms in total. The molecule has 0 aliphatic heterocycles. The lowest BCUT2D eigenvalue weighted by atomic mass is 10.1. The minimum Gasteiger partial charge on any atom is -0.493 e. The van der Waals surface area contributed by atoms with Gasteiger partial charge >= 0.3 is 0 Å². The van der Waals surface area contributed by atoms with Gasteiger partial charge in [0.2, 0.25) is 11.4 Å². The largest absolute Gasteiger partial charge is 0.493 e. The Labute approximate surface area is 164 Å². The molecule has 0 spiro atoms. The highest BCUT2D eigenvalue weighted by molar-refractivity contribution is 5.87. The van der Waals surface area contributed by atoms with Crippen molar-refractivity contribution in [3.8, 4) is 11.5 Å². The average molecular weight is 409 g/mol. The molecule has 3 rings (SSSR count). The molecule has 28 heavy (non-hydrogen) atoms. The van der Waals surface area contributed by atoms with Gasteiger partial charge in [-0.2, -0.15) is 5.43 Å². The number of nitrogens with zero attached hydrogens (tertiary/aromatic N) is 1. The molecule has 1 heterocycles. The first-order valence-electron chi connectivity index (χ1n) is 8.16. The summed E-state index contributed by atoms with van der Waals surface area (Å²) in [5, 5.41) is 2.25. The van der Waals surface area contributed by atoms with Gasteiger partial charge in [0.15, 0.2) is 11.5 Å². The normalized spacial score (nSPS) is 10.9. The van der Waals surface area contributed by atoms with Crippen LogP contribution in [0.4, 0.5) is 5.69 Å². The number of hydrogen-bond donors (Lipinski definition) is 1. The van der Waals surface area contributed by atoms with Crippen molar-refractivity contribution in [2.75, 3.05) is 19.6 Å². The van der Waals surface area contributed by atoms with Crippen molar-refractivity contribution in [3.05, 3.63) is 59.9 Å². The van der Waals surface area contributed by atoms with Crippen LogP contribution in [0.2, 0.25) is 0 Å². The monoisotopic (exact) mass is 408 g/mol. The molecule has 9 heteroatoms. The first-order chi connectivity index (χ1) is 13.1. The van der Waals surface area contributed by atoms with E-state index in [1.54, 1.807) is 14.2 Å². The molecule has 0 radical (unpaired) electrons. The van der Waals surface area contributed by atoms with Gasteiger partial charge in [-0.1, -0.05) is 22.9 Å². The van der Waals surface area contributed by atoms with E-state index in [1.807, 2.05) is 42.5 Å². The summed E-state index contributed by atoms with van der Waals surface area (Å²) in [5.74, 6) is 1.48. The van der Waals surface area contributed by atoms with Crippen molar-refractivity contribution < 1.29 is 43.0 Å². The van der Waals surface area contributed by atoms with Crippen molar-refractivity contribution in [1.29, 1.82) is 0 Å². The molecule has 0 saturated carbocycles. The van der Waals surface area contributed by atoms with Crippen LogP contribution in [0.1, 0.15) is 11.4 Å². The maximum Gasteiger partial charge on any atom is 0.217 e. The van der Waals surface area contributed by atoms with Gasteiger partial charge in [-0.25, -0.2) is 18.6 Å². The minimum absolute atomic E-state index is 0.734. The second kappa shape index (κ2) is 9.05. The lowest BCUT2D eigenvalue weighted by molar-refractivity contribution is -2.00. The molecule has 0 bridgehead atoms. The van der Waals surface area contributed by atoms with Crippen LogP contribution in [0.25, 0.3) is 10.8 Å². The second-order valence-electron chi connectivity index (χ2n) is 5.86. The van der Waals surface area contributed by atoms with Crippen molar-refractivity contribution in [3.63, 3.8) is 0 Å². The van der Waals surface area contributed by atoms with Crippen molar-refractivity contribution in [1.82, 2.24) is 0 Å². The van der Waals surface area contributed by atoms with Crippen LogP contribution in [0.15, 0.2) is 48.5 Å². The number of rotatable bonds is 4. The first kappa shape index (κ1) is 21.7. The molecule has 0 saturated heterocycles.